The second-order valence-electron chi connectivity index (χ2n) is 4.85. The summed E-state index contributed by atoms with van der Waals surface area (Å²) in [6.07, 6.45) is 6.06. The third-order valence-corrected chi connectivity index (χ3v) is 3.81. The standard InChI is InChI=1S/C14H16BrN3O/c15-11-2-1-3-12(10-11)16-6-7-17-8-9-18(14(17)19)13-4-5-13/h1-3,8-10,13,16H,4-7H2. The molecule has 0 atom stereocenters. The van der Waals surface area contributed by atoms with E-state index >= 15 is 0 Å². The molecular weight excluding hydrogens is 306 g/mol. The van der Waals surface area contributed by atoms with E-state index in [4.69, 9.17) is 0 Å². The van der Waals surface area contributed by atoms with E-state index in [1.165, 1.54) is 0 Å². The minimum Gasteiger partial charge on any atom is -0.383 e. The van der Waals surface area contributed by atoms with Gasteiger partial charge in [-0.1, -0.05) is 22.0 Å². The monoisotopic (exact) mass is 321 g/mol. The van der Waals surface area contributed by atoms with Crippen LogP contribution in [0.1, 0.15) is 18.9 Å². The average molecular weight is 322 g/mol. The first kappa shape index (κ1) is 12.5. The summed E-state index contributed by atoms with van der Waals surface area (Å²) in [5.74, 6) is 0. The van der Waals surface area contributed by atoms with Crippen LogP contribution in [0.5, 0.6) is 0 Å². The Bertz CT molecular complexity index is 628. The molecule has 0 aliphatic heterocycles. The van der Waals surface area contributed by atoms with Gasteiger partial charge in [0.1, 0.15) is 0 Å². The van der Waals surface area contributed by atoms with E-state index in [1.54, 1.807) is 4.57 Å². The number of rotatable bonds is 5. The van der Waals surface area contributed by atoms with Crippen molar-refractivity contribution in [1.82, 2.24) is 9.13 Å². The summed E-state index contributed by atoms with van der Waals surface area (Å²) in [6, 6.07) is 8.47. The van der Waals surface area contributed by atoms with Crippen LogP contribution in [0.3, 0.4) is 0 Å². The van der Waals surface area contributed by atoms with Crippen LogP contribution in [0, 0.1) is 0 Å². The first-order valence-electron chi connectivity index (χ1n) is 6.51. The van der Waals surface area contributed by atoms with Gasteiger partial charge in [0.2, 0.25) is 0 Å². The largest absolute Gasteiger partial charge is 0.383 e. The molecule has 1 aliphatic carbocycles. The maximum Gasteiger partial charge on any atom is 0.328 e. The van der Waals surface area contributed by atoms with Crippen molar-refractivity contribution >= 4 is 21.6 Å². The minimum absolute atomic E-state index is 0.110. The molecule has 4 nitrogen and oxygen atoms in total. The van der Waals surface area contributed by atoms with E-state index in [9.17, 15) is 4.79 Å². The zero-order valence-corrected chi connectivity index (χ0v) is 12.1. The molecule has 3 rings (SSSR count). The molecule has 19 heavy (non-hydrogen) atoms. The summed E-state index contributed by atoms with van der Waals surface area (Å²) < 4.78 is 4.66. The third-order valence-electron chi connectivity index (χ3n) is 3.32. The molecule has 5 heteroatoms. The Labute approximate surface area is 120 Å². The Balaban J connectivity index is 1.59. The normalized spacial score (nSPS) is 14.6. The molecule has 1 saturated carbocycles. The van der Waals surface area contributed by atoms with E-state index < -0.39 is 0 Å². The molecule has 0 bridgehead atoms. The van der Waals surface area contributed by atoms with E-state index in [0.29, 0.717) is 12.6 Å². The van der Waals surface area contributed by atoms with Gasteiger partial charge in [0.05, 0.1) is 0 Å². The number of hydrogen-bond donors (Lipinski definition) is 1. The van der Waals surface area contributed by atoms with Gasteiger partial charge in [-0.15, -0.1) is 0 Å². The second-order valence-corrected chi connectivity index (χ2v) is 5.77. The van der Waals surface area contributed by atoms with Crippen molar-refractivity contribution in [3.8, 4) is 0 Å². The summed E-state index contributed by atoms with van der Waals surface area (Å²) >= 11 is 3.44. The Morgan fingerprint density at radius 3 is 2.89 bits per heavy atom. The molecular formula is C14H16BrN3O. The summed E-state index contributed by atoms with van der Waals surface area (Å²) in [5.41, 5.74) is 1.17. The Hall–Kier alpha value is -1.49. The smallest absolute Gasteiger partial charge is 0.328 e. The van der Waals surface area contributed by atoms with E-state index in [-0.39, 0.29) is 5.69 Å². The zero-order valence-electron chi connectivity index (χ0n) is 10.6. The molecule has 2 aromatic rings. The predicted molar refractivity (Wildman–Crippen MR) is 79.6 cm³/mol. The van der Waals surface area contributed by atoms with Crippen molar-refractivity contribution in [2.45, 2.75) is 25.4 Å². The highest BCUT2D eigenvalue weighted by Gasteiger charge is 2.25. The van der Waals surface area contributed by atoms with E-state index in [2.05, 4.69) is 21.2 Å². The quantitative estimate of drug-likeness (QED) is 0.919. The lowest BCUT2D eigenvalue weighted by atomic mass is 10.3. The first-order chi connectivity index (χ1) is 9.24. The fourth-order valence-corrected chi connectivity index (χ4v) is 2.55. The topological polar surface area (TPSA) is 39.0 Å². The van der Waals surface area contributed by atoms with Crippen LogP contribution in [0.4, 0.5) is 5.69 Å². The average Bonchev–Trinajstić information content (AvgIpc) is 3.16. The van der Waals surface area contributed by atoms with Gasteiger partial charge in [-0.05, 0) is 31.0 Å². The number of aromatic nitrogens is 2. The van der Waals surface area contributed by atoms with Gasteiger partial charge in [0.15, 0.2) is 0 Å². The highest BCUT2D eigenvalue weighted by atomic mass is 79.9. The molecule has 0 saturated heterocycles. The highest BCUT2D eigenvalue weighted by Crippen LogP contribution is 2.33. The van der Waals surface area contributed by atoms with Gasteiger partial charge in [-0.25, -0.2) is 4.79 Å². The van der Waals surface area contributed by atoms with Gasteiger partial charge in [-0.3, -0.25) is 9.13 Å². The predicted octanol–water partition coefficient (Wildman–Crippen LogP) is 2.86. The van der Waals surface area contributed by atoms with Crippen LogP contribution < -0.4 is 11.0 Å². The summed E-state index contributed by atoms with van der Waals surface area (Å²) in [5, 5.41) is 3.32. The molecule has 100 valence electrons. The molecule has 1 N–H and O–H groups in total. The van der Waals surface area contributed by atoms with Gasteiger partial charge >= 0.3 is 5.69 Å². The summed E-state index contributed by atoms with van der Waals surface area (Å²) in [6.45, 7) is 1.43. The molecule has 0 unspecified atom stereocenters. The number of benzene rings is 1. The molecule has 1 aromatic heterocycles. The van der Waals surface area contributed by atoms with Crippen LogP contribution in [-0.2, 0) is 6.54 Å². The van der Waals surface area contributed by atoms with Crippen LogP contribution in [-0.4, -0.2) is 15.7 Å². The van der Waals surface area contributed by atoms with E-state index in [1.807, 2.05) is 41.2 Å². The van der Waals surface area contributed by atoms with E-state index in [0.717, 1.165) is 29.5 Å². The Morgan fingerprint density at radius 1 is 1.32 bits per heavy atom. The fraction of sp³-hybridized carbons (Fsp3) is 0.357. The second kappa shape index (κ2) is 5.25. The van der Waals surface area contributed by atoms with Gasteiger partial charge < -0.3 is 5.32 Å². The number of imidazole rings is 1. The molecule has 0 spiro atoms. The SMILES string of the molecule is O=c1n(CCNc2cccc(Br)c2)ccn1C1CC1. The van der Waals surface area contributed by atoms with Crippen LogP contribution in [0.15, 0.2) is 45.9 Å². The zero-order chi connectivity index (χ0) is 13.2. The first-order valence-corrected chi connectivity index (χ1v) is 7.30. The Morgan fingerprint density at radius 2 is 2.16 bits per heavy atom. The van der Waals surface area contributed by atoms with Crippen molar-refractivity contribution in [2.75, 3.05) is 11.9 Å². The lowest BCUT2D eigenvalue weighted by Crippen LogP contribution is -2.25. The lowest BCUT2D eigenvalue weighted by Gasteiger charge is -2.07. The van der Waals surface area contributed by atoms with Crippen molar-refractivity contribution in [3.05, 3.63) is 51.6 Å². The molecule has 1 heterocycles. The Kier molecular flexibility index (Phi) is 3.46. The van der Waals surface area contributed by atoms with Gasteiger partial charge in [0, 0.05) is 41.7 Å². The highest BCUT2D eigenvalue weighted by molar-refractivity contribution is 9.10. The molecule has 1 aliphatic rings. The van der Waals surface area contributed by atoms with Gasteiger partial charge in [0.25, 0.3) is 0 Å². The minimum atomic E-state index is 0.110. The number of hydrogen-bond acceptors (Lipinski definition) is 2. The fourth-order valence-electron chi connectivity index (χ4n) is 2.15. The maximum atomic E-state index is 12.0. The molecule has 1 fully saturated rings. The number of anilines is 1. The van der Waals surface area contributed by atoms with Crippen molar-refractivity contribution in [2.24, 2.45) is 0 Å². The molecule has 0 radical (unpaired) electrons. The van der Waals surface area contributed by atoms with Gasteiger partial charge in [-0.2, -0.15) is 0 Å². The summed E-state index contributed by atoms with van der Waals surface area (Å²) in [7, 11) is 0. The maximum absolute atomic E-state index is 12.0. The van der Waals surface area contributed by atoms with Crippen LogP contribution in [0.2, 0.25) is 0 Å². The van der Waals surface area contributed by atoms with Crippen molar-refractivity contribution in [3.63, 3.8) is 0 Å². The number of halogens is 1. The van der Waals surface area contributed by atoms with Crippen LogP contribution >= 0.6 is 15.9 Å². The number of nitrogens with zero attached hydrogens (tertiary/aromatic N) is 2. The molecule has 0 amide bonds. The van der Waals surface area contributed by atoms with Crippen molar-refractivity contribution in [1.29, 1.82) is 0 Å². The summed E-state index contributed by atoms with van der Waals surface area (Å²) in [4.78, 5) is 12.0. The number of nitrogens with one attached hydrogen (secondary N) is 1. The lowest BCUT2D eigenvalue weighted by molar-refractivity contribution is 0.633. The third kappa shape index (κ3) is 2.92. The van der Waals surface area contributed by atoms with Crippen molar-refractivity contribution < 1.29 is 0 Å². The molecule has 1 aromatic carbocycles. The van der Waals surface area contributed by atoms with Crippen LogP contribution in [0.25, 0.3) is 0 Å².